The van der Waals surface area contributed by atoms with E-state index in [2.05, 4.69) is 28.4 Å². The lowest BCUT2D eigenvalue weighted by atomic mass is 9.80. The highest BCUT2D eigenvalue weighted by Crippen LogP contribution is 2.38. The average Bonchev–Trinajstić information content (AvgIpc) is 2.55. The standard InChI is InChI=1S/C18H28N2O/c1-21-18-9-3-7-16-15(5-2-8-17(16)18)6-4-12-20-13-10-19-11-14-20/h3,7,9,15,19H,2,4-6,8,10-14H2,1H3/t15-/m0/s1. The molecular weight excluding hydrogens is 260 g/mol. The number of hydrogen-bond donors (Lipinski definition) is 1. The molecule has 1 N–H and O–H groups in total. The summed E-state index contributed by atoms with van der Waals surface area (Å²) in [6.45, 7) is 6.01. The van der Waals surface area contributed by atoms with Crippen molar-refractivity contribution in [3.8, 4) is 5.75 Å². The van der Waals surface area contributed by atoms with Gasteiger partial charge in [-0.1, -0.05) is 12.1 Å². The summed E-state index contributed by atoms with van der Waals surface area (Å²) in [6, 6.07) is 6.60. The fraction of sp³-hybridized carbons (Fsp3) is 0.667. The minimum atomic E-state index is 0.742. The Bertz CT molecular complexity index is 455. The van der Waals surface area contributed by atoms with E-state index in [4.69, 9.17) is 4.74 Å². The van der Waals surface area contributed by atoms with Gasteiger partial charge in [-0.3, -0.25) is 0 Å². The number of methoxy groups -OCH3 is 1. The van der Waals surface area contributed by atoms with Gasteiger partial charge in [0.2, 0.25) is 0 Å². The first-order chi connectivity index (χ1) is 10.4. The molecule has 1 fully saturated rings. The van der Waals surface area contributed by atoms with Crippen molar-refractivity contribution in [3.63, 3.8) is 0 Å². The number of nitrogens with zero attached hydrogens (tertiary/aromatic N) is 1. The number of rotatable bonds is 5. The maximum Gasteiger partial charge on any atom is 0.122 e. The van der Waals surface area contributed by atoms with Crippen LogP contribution in [0.15, 0.2) is 18.2 Å². The lowest BCUT2D eigenvalue weighted by Crippen LogP contribution is -2.43. The Hall–Kier alpha value is -1.06. The largest absolute Gasteiger partial charge is 0.496 e. The van der Waals surface area contributed by atoms with Gasteiger partial charge in [0.15, 0.2) is 0 Å². The summed E-state index contributed by atoms with van der Waals surface area (Å²) in [5, 5.41) is 3.42. The van der Waals surface area contributed by atoms with Gasteiger partial charge in [0.1, 0.15) is 5.75 Å². The molecular formula is C18H28N2O. The van der Waals surface area contributed by atoms with Gasteiger partial charge in [-0.15, -0.1) is 0 Å². The molecule has 1 heterocycles. The zero-order valence-corrected chi connectivity index (χ0v) is 13.2. The Kier molecular flexibility index (Phi) is 5.15. The minimum Gasteiger partial charge on any atom is -0.496 e. The van der Waals surface area contributed by atoms with E-state index < -0.39 is 0 Å². The quantitative estimate of drug-likeness (QED) is 0.901. The lowest BCUT2D eigenvalue weighted by Gasteiger charge is -2.30. The first-order valence-electron chi connectivity index (χ1n) is 8.47. The van der Waals surface area contributed by atoms with Crippen molar-refractivity contribution in [1.29, 1.82) is 0 Å². The Morgan fingerprint density at radius 1 is 1.29 bits per heavy atom. The van der Waals surface area contributed by atoms with Crippen molar-refractivity contribution < 1.29 is 4.74 Å². The summed E-state index contributed by atoms with van der Waals surface area (Å²) < 4.78 is 5.55. The summed E-state index contributed by atoms with van der Waals surface area (Å²) in [7, 11) is 1.80. The Balaban J connectivity index is 1.57. The van der Waals surface area contributed by atoms with Gasteiger partial charge in [0.05, 0.1) is 7.11 Å². The van der Waals surface area contributed by atoms with Gasteiger partial charge >= 0.3 is 0 Å². The molecule has 116 valence electrons. The SMILES string of the molecule is COc1cccc2c1CCC[C@H]2CCCN1CCNCC1. The van der Waals surface area contributed by atoms with Gasteiger partial charge in [-0.05, 0) is 61.8 Å². The number of piperazine rings is 1. The van der Waals surface area contributed by atoms with E-state index in [9.17, 15) is 0 Å². The lowest BCUT2D eigenvalue weighted by molar-refractivity contribution is 0.233. The smallest absolute Gasteiger partial charge is 0.122 e. The average molecular weight is 288 g/mol. The van der Waals surface area contributed by atoms with Crippen LogP contribution in [0.4, 0.5) is 0 Å². The van der Waals surface area contributed by atoms with E-state index >= 15 is 0 Å². The minimum absolute atomic E-state index is 0.742. The molecule has 3 rings (SSSR count). The highest BCUT2D eigenvalue weighted by molar-refractivity contribution is 5.43. The molecule has 1 atom stereocenters. The molecule has 1 saturated heterocycles. The molecule has 0 spiro atoms. The third kappa shape index (κ3) is 3.58. The first kappa shape index (κ1) is 14.9. The fourth-order valence-corrected chi connectivity index (χ4v) is 3.90. The molecule has 21 heavy (non-hydrogen) atoms. The van der Waals surface area contributed by atoms with Gasteiger partial charge in [-0.2, -0.15) is 0 Å². The van der Waals surface area contributed by atoms with Crippen LogP contribution >= 0.6 is 0 Å². The number of hydrogen-bond acceptors (Lipinski definition) is 3. The third-order valence-corrected chi connectivity index (χ3v) is 5.04. The van der Waals surface area contributed by atoms with Crippen LogP contribution in [0.25, 0.3) is 0 Å². The molecule has 0 saturated carbocycles. The van der Waals surface area contributed by atoms with Gasteiger partial charge in [0.25, 0.3) is 0 Å². The van der Waals surface area contributed by atoms with Crippen LogP contribution in [0.2, 0.25) is 0 Å². The van der Waals surface area contributed by atoms with Crippen LogP contribution in [0.3, 0.4) is 0 Å². The zero-order chi connectivity index (χ0) is 14.5. The summed E-state index contributed by atoms with van der Waals surface area (Å²) in [4.78, 5) is 2.60. The summed E-state index contributed by atoms with van der Waals surface area (Å²) in [6.07, 6.45) is 6.49. The molecule has 0 unspecified atom stereocenters. The van der Waals surface area contributed by atoms with Gasteiger partial charge in [0, 0.05) is 26.2 Å². The third-order valence-electron chi connectivity index (χ3n) is 5.04. The first-order valence-corrected chi connectivity index (χ1v) is 8.47. The Labute approximate surface area is 128 Å². The molecule has 3 nitrogen and oxygen atoms in total. The number of ether oxygens (including phenoxy) is 1. The van der Waals surface area contributed by atoms with E-state index in [1.54, 1.807) is 12.7 Å². The van der Waals surface area contributed by atoms with E-state index in [0.717, 1.165) is 24.8 Å². The van der Waals surface area contributed by atoms with Crippen LogP contribution in [-0.2, 0) is 6.42 Å². The number of nitrogens with one attached hydrogen (secondary N) is 1. The molecule has 0 radical (unpaired) electrons. The summed E-state index contributed by atoms with van der Waals surface area (Å²) in [5.41, 5.74) is 3.03. The Morgan fingerprint density at radius 3 is 2.95 bits per heavy atom. The molecule has 1 aromatic carbocycles. The maximum absolute atomic E-state index is 5.55. The molecule has 1 aliphatic carbocycles. The van der Waals surface area contributed by atoms with E-state index in [1.165, 1.54) is 57.3 Å². The zero-order valence-electron chi connectivity index (χ0n) is 13.2. The van der Waals surface area contributed by atoms with Gasteiger partial charge < -0.3 is 15.0 Å². The maximum atomic E-state index is 5.55. The highest BCUT2D eigenvalue weighted by atomic mass is 16.5. The van der Waals surface area contributed by atoms with Crippen molar-refractivity contribution >= 4 is 0 Å². The second-order valence-electron chi connectivity index (χ2n) is 6.35. The van der Waals surface area contributed by atoms with Gasteiger partial charge in [-0.25, -0.2) is 0 Å². The number of fused-ring (bicyclic) bond motifs is 1. The molecule has 0 aromatic heterocycles. The van der Waals surface area contributed by atoms with Crippen molar-refractivity contribution in [1.82, 2.24) is 10.2 Å². The molecule has 1 aromatic rings. The van der Waals surface area contributed by atoms with Crippen molar-refractivity contribution in [3.05, 3.63) is 29.3 Å². The van der Waals surface area contributed by atoms with Crippen LogP contribution < -0.4 is 10.1 Å². The molecule has 1 aliphatic heterocycles. The Morgan fingerprint density at radius 2 is 2.14 bits per heavy atom. The van der Waals surface area contributed by atoms with E-state index in [1.807, 2.05) is 0 Å². The number of benzene rings is 1. The van der Waals surface area contributed by atoms with E-state index in [-0.39, 0.29) is 0 Å². The van der Waals surface area contributed by atoms with Crippen molar-refractivity contribution in [2.45, 2.75) is 38.0 Å². The topological polar surface area (TPSA) is 24.5 Å². The van der Waals surface area contributed by atoms with Crippen LogP contribution in [-0.4, -0.2) is 44.7 Å². The van der Waals surface area contributed by atoms with Crippen LogP contribution in [0.1, 0.15) is 42.7 Å². The van der Waals surface area contributed by atoms with Crippen LogP contribution in [0.5, 0.6) is 5.75 Å². The van der Waals surface area contributed by atoms with Crippen molar-refractivity contribution in [2.24, 2.45) is 0 Å². The predicted octanol–water partition coefficient (Wildman–Crippen LogP) is 2.80. The molecule has 0 bridgehead atoms. The van der Waals surface area contributed by atoms with Crippen LogP contribution in [0, 0.1) is 0 Å². The van der Waals surface area contributed by atoms with E-state index in [0.29, 0.717) is 0 Å². The molecule has 0 amide bonds. The summed E-state index contributed by atoms with van der Waals surface area (Å²) >= 11 is 0. The normalized spacial score (nSPS) is 22.8. The fourth-order valence-electron chi connectivity index (χ4n) is 3.90. The second-order valence-corrected chi connectivity index (χ2v) is 6.35. The monoisotopic (exact) mass is 288 g/mol. The summed E-state index contributed by atoms with van der Waals surface area (Å²) in [5.74, 6) is 1.84. The predicted molar refractivity (Wildman–Crippen MR) is 87.2 cm³/mol. The second kappa shape index (κ2) is 7.28. The van der Waals surface area contributed by atoms with Crippen molar-refractivity contribution in [2.75, 3.05) is 39.8 Å². The molecule has 3 heteroatoms. The molecule has 2 aliphatic rings. The highest BCUT2D eigenvalue weighted by Gasteiger charge is 2.22.